The first-order valence-corrected chi connectivity index (χ1v) is 16.0. The second-order valence-corrected chi connectivity index (χ2v) is 11.3. The number of benzene rings is 1. The van der Waals surface area contributed by atoms with Crippen LogP contribution in [0.2, 0.25) is 5.02 Å². The minimum absolute atomic E-state index is 0.0336. The predicted molar refractivity (Wildman–Crippen MR) is 179 cm³/mol. The third kappa shape index (κ3) is 14.5. The fraction of sp³-hybridized carbons (Fsp3) is 0.485. The number of allylic oxidation sites excluding steroid dienone is 3. The van der Waals surface area contributed by atoms with Gasteiger partial charge in [0.05, 0.1) is 18.3 Å². The number of nitrogens with zero attached hydrogens (tertiary/aromatic N) is 3. The number of amides is 1. The van der Waals surface area contributed by atoms with Gasteiger partial charge in [0.15, 0.2) is 0 Å². The van der Waals surface area contributed by atoms with Crippen molar-refractivity contribution in [2.45, 2.75) is 85.1 Å². The van der Waals surface area contributed by atoms with E-state index in [2.05, 4.69) is 35.6 Å². The van der Waals surface area contributed by atoms with Crippen LogP contribution in [0.4, 0.5) is 13.2 Å². The zero-order valence-electron chi connectivity index (χ0n) is 26.0. The summed E-state index contributed by atoms with van der Waals surface area (Å²) in [6, 6.07) is 5.77. The highest BCUT2D eigenvalue weighted by Gasteiger charge is 2.36. The van der Waals surface area contributed by atoms with Crippen molar-refractivity contribution in [3.8, 4) is 0 Å². The molecule has 0 bridgehead atoms. The van der Waals surface area contributed by atoms with Crippen LogP contribution >= 0.6 is 23.4 Å². The van der Waals surface area contributed by atoms with E-state index in [1.165, 1.54) is 49.2 Å². The molecule has 10 heteroatoms. The van der Waals surface area contributed by atoms with E-state index in [4.69, 9.17) is 16.6 Å². The molecule has 1 N–H and O–H groups in total. The van der Waals surface area contributed by atoms with Crippen LogP contribution in [0.25, 0.3) is 0 Å². The Labute approximate surface area is 265 Å². The molecule has 1 amide bonds. The standard InChI is InChI=1S/C22H30F2N4OS.C6H4ClF.C5H12/c1-5-8-21(29)27-16-12-19-17(18(25-4)9-7-10-20(23)24)13-26-22(28(19)14-16)15(3)30-11-6-2;7-5-2-1-3-6(8)4-5;1-3-5-4-2/h6-7,9,11,16,20H,3,5,8,10,12-14H2,1-2,4H3,(H,27,29);1-4H;3-5H2,1-2H3/b9-7-,11-6-,25-18?;;. The first kappa shape index (κ1) is 38.2. The first-order chi connectivity index (χ1) is 20.6. The zero-order chi connectivity index (χ0) is 32.2. The Morgan fingerprint density at radius 1 is 1.28 bits per heavy atom. The molecule has 1 unspecified atom stereocenters. The Morgan fingerprint density at radius 2 is 2.00 bits per heavy atom. The molecule has 0 aliphatic carbocycles. The molecule has 1 atom stereocenters. The van der Waals surface area contributed by atoms with Gasteiger partial charge in [-0.3, -0.25) is 14.8 Å². The summed E-state index contributed by atoms with van der Waals surface area (Å²) in [5, 5.41) is 5.48. The molecule has 1 saturated heterocycles. The predicted octanol–water partition coefficient (Wildman–Crippen LogP) is 9.38. The molecule has 43 heavy (non-hydrogen) atoms. The number of fused-ring (bicyclic) bond motifs is 1. The molecule has 2 aliphatic heterocycles. The summed E-state index contributed by atoms with van der Waals surface area (Å²) >= 11 is 6.91. The van der Waals surface area contributed by atoms with E-state index in [9.17, 15) is 18.0 Å². The van der Waals surface area contributed by atoms with Crippen molar-refractivity contribution in [3.05, 3.63) is 81.5 Å². The van der Waals surface area contributed by atoms with Crippen molar-refractivity contribution >= 4 is 40.8 Å². The summed E-state index contributed by atoms with van der Waals surface area (Å²) < 4.78 is 37.1. The molecular weight excluding hydrogens is 593 g/mol. The quantitative estimate of drug-likeness (QED) is 0.232. The molecule has 0 aromatic heterocycles. The number of aliphatic imine (C=N–C) groups is 2. The lowest BCUT2D eigenvalue weighted by atomic mass is 10.0. The van der Waals surface area contributed by atoms with Crippen LogP contribution in [0.3, 0.4) is 0 Å². The van der Waals surface area contributed by atoms with Gasteiger partial charge in [0.25, 0.3) is 0 Å². The van der Waals surface area contributed by atoms with Crippen molar-refractivity contribution in [1.82, 2.24) is 10.2 Å². The molecule has 3 rings (SSSR count). The van der Waals surface area contributed by atoms with Gasteiger partial charge >= 0.3 is 0 Å². The van der Waals surface area contributed by atoms with Gasteiger partial charge in [-0.25, -0.2) is 13.2 Å². The number of unbranched alkanes of at least 4 members (excludes halogenated alkanes) is 2. The van der Waals surface area contributed by atoms with Gasteiger partial charge in [0, 0.05) is 54.1 Å². The second kappa shape index (κ2) is 21.8. The number of rotatable bonds is 12. The normalized spacial score (nSPS) is 16.5. The summed E-state index contributed by atoms with van der Waals surface area (Å²) in [5.74, 6) is 0.528. The highest BCUT2D eigenvalue weighted by Crippen LogP contribution is 2.34. The van der Waals surface area contributed by atoms with Gasteiger partial charge in [-0.1, -0.05) is 88.2 Å². The Morgan fingerprint density at radius 3 is 2.51 bits per heavy atom. The molecule has 5 nitrogen and oxygen atoms in total. The molecule has 238 valence electrons. The minimum atomic E-state index is -2.39. The fourth-order valence-corrected chi connectivity index (χ4v) is 5.03. The fourth-order valence-electron chi connectivity index (χ4n) is 4.27. The Kier molecular flexibility index (Phi) is 19.4. The Balaban J connectivity index is 0.000000584. The lowest BCUT2D eigenvalue weighted by molar-refractivity contribution is -0.121. The number of carbonyl (C=O) groups excluding carboxylic acids is 1. The smallest absolute Gasteiger partial charge is 0.242 e. The number of amidine groups is 1. The summed E-state index contributed by atoms with van der Waals surface area (Å²) in [6.07, 6.45) is 8.33. The average molecular weight is 639 g/mol. The number of carbonyl (C=O) groups is 1. The first-order valence-electron chi connectivity index (χ1n) is 14.7. The number of halogens is 4. The molecular formula is C33H46ClF3N4OS. The summed E-state index contributed by atoms with van der Waals surface area (Å²) in [6.45, 7) is 13.5. The minimum Gasteiger partial charge on any atom is -0.351 e. The molecule has 1 fully saturated rings. The van der Waals surface area contributed by atoms with Crippen LogP contribution in [-0.4, -0.2) is 55.0 Å². The van der Waals surface area contributed by atoms with Gasteiger partial charge in [-0.15, -0.1) is 0 Å². The number of hydrogen-bond acceptors (Lipinski definition) is 5. The van der Waals surface area contributed by atoms with Gasteiger partial charge in [0.1, 0.15) is 11.7 Å². The second-order valence-electron chi connectivity index (χ2n) is 9.84. The van der Waals surface area contributed by atoms with E-state index in [1.807, 2.05) is 25.3 Å². The average Bonchev–Trinajstić information content (AvgIpc) is 3.38. The van der Waals surface area contributed by atoms with Crippen LogP contribution < -0.4 is 5.32 Å². The highest BCUT2D eigenvalue weighted by atomic mass is 35.5. The van der Waals surface area contributed by atoms with E-state index in [0.717, 1.165) is 28.4 Å². The molecule has 0 saturated carbocycles. The number of thioether (sulfide) groups is 1. The van der Waals surface area contributed by atoms with Gasteiger partial charge in [-0.05, 0) is 43.0 Å². The Hall–Kier alpha value is -2.78. The molecule has 1 aromatic carbocycles. The maximum Gasteiger partial charge on any atom is 0.242 e. The van der Waals surface area contributed by atoms with E-state index in [1.54, 1.807) is 25.3 Å². The zero-order valence-corrected chi connectivity index (χ0v) is 27.6. The van der Waals surface area contributed by atoms with Gasteiger partial charge in [-0.2, -0.15) is 0 Å². The SMILES string of the molecule is C=C(S/C=C\C)C1=NCC(C(/C=C\CC(F)F)=NC)=C2CC(NC(=O)CCC)CN12.CCCCC.Fc1cccc(Cl)c1. The monoisotopic (exact) mass is 638 g/mol. The molecule has 0 spiro atoms. The van der Waals surface area contributed by atoms with Crippen LogP contribution in [-0.2, 0) is 4.79 Å². The van der Waals surface area contributed by atoms with Crippen LogP contribution in [0, 0.1) is 5.82 Å². The molecule has 0 radical (unpaired) electrons. The van der Waals surface area contributed by atoms with Crippen LogP contribution in [0.5, 0.6) is 0 Å². The van der Waals surface area contributed by atoms with Crippen molar-refractivity contribution in [1.29, 1.82) is 0 Å². The van der Waals surface area contributed by atoms with Crippen LogP contribution in [0.1, 0.15) is 72.6 Å². The molecule has 2 aliphatic rings. The van der Waals surface area contributed by atoms with Crippen molar-refractivity contribution < 1.29 is 18.0 Å². The van der Waals surface area contributed by atoms with Crippen molar-refractivity contribution in [2.24, 2.45) is 9.98 Å². The third-order valence-corrected chi connectivity index (χ3v) is 7.34. The maximum absolute atomic E-state index is 12.5. The number of nitrogens with one attached hydrogen (secondary N) is 1. The maximum atomic E-state index is 12.5. The topological polar surface area (TPSA) is 57.1 Å². The van der Waals surface area contributed by atoms with Crippen molar-refractivity contribution in [2.75, 3.05) is 20.1 Å². The number of alkyl halides is 2. The van der Waals surface area contributed by atoms with Gasteiger partial charge < -0.3 is 10.2 Å². The number of hydrogen-bond donors (Lipinski definition) is 1. The Bertz CT molecular complexity index is 1160. The van der Waals surface area contributed by atoms with Crippen molar-refractivity contribution in [3.63, 3.8) is 0 Å². The van der Waals surface area contributed by atoms with E-state index in [-0.39, 0.29) is 24.2 Å². The van der Waals surface area contributed by atoms with E-state index in [0.29, 0.717) is 36.7 Å². The third-order valence-electron chi connectivity index (χ3n) is 6.23. The molecule has 1 aromatic rings. The summed E-state index contributed by atoms with van der Waals surface area (Å²) in [5.41, 5.74) is 2.57. The van der Waals surface area contributed by atoms with Gasteiger partial charge in [0.2, 0.25) is 12.3 Å². The highest BCUT2D eigenvalue weighted by molar-refractivity contribution is 8.06. The lowest BCUT2D eigenvalue weighted by Crippen LogP contribution is -2.39. The van der Waals surface area contributed by atoms with E-state index >= 15 is 0 Å². The van der Waals surface area contributed by atoms with E-state index < -0.39 is 6.43 Å². The lowest BCUT2D eigenvalue weighted by Gasteiger charge is -2.29. The largest absolute Gasteiger partial charge is 0.351 e. The summed E-state index contributed by atoms with van der Waals surface area (Å²) in [7, 11) is 1.65. The molecule has 2 heterocycles. The van der Waals surface area contributed by atoms with Crippen LogP contribution in [0.15, 0.2) is 80.6 Å². The summed E-state index contributed by atoms with van der Waals surface area (Å²) in [4.78, 5) is 24.1.